The lowest BCUT2D eigenvalue weighted by molar-refractivity contribution is 1.44. The van der Waals surface area contributed by atoms with Crippen LogP contribution in [0.5, 0.6) is 0 Å². The molecule has 0 amide bonds. The van der Waals surface area contributed by atoms with Gasteiger partial charge in [0.1, 0.15) is 0 Å². The normalized spacial score (nSPS) is 11.7. The highest BCUT2D eigenvalue weighted by molar-refractivity contribution is 9.15. The zero-order chi connectivity index (χ0) is 8.27. The van der Waals surface area contributed by atoms with Crippen LogP contribution < -0.4 is 0 Å². The van der Waals surface area contributed by atoms with Crippen molar-refractivity contribution in [1.29, 1.82) is 0 Å². The molecule has 0 nitrogen and oxygen atoms in total. The van der Waals surface area contributed by atoms with E-state index >= 15 is 0 Å². The summed E-state index contributed by atoms with van der Waals surface area (Å²) in [5.41, 5.74) is 2.58. The number of hydrogen-bond donors (Lipinski definition) is 0. The molecule has 0 fully saturated rings. The minimum atomic E-state index is 1.16. The second kappa shape index (κ2) is 3.72. The number of hydrogen-bond acceptors (Lipinski definition) is 0. The molecule has 58 valence electrons. The Kier molecular flexibility index (Phi) is 2.89. The molecular formula is C10H11Br. The fourth-order valence-electron chi connectivity index (χ4n) is 0.996. The lowest BCUT2D eigenvalue weighted by Crippen LogP contribution is -1.80. The maximum atomic E-state index is 3.50. The molecule has 0 saturated heterocycles. The van der Waals surface area contributed by atoms with E-state index in [0.717, 1.165) is 4.48 Å². The van der Waals surface area contributed by atoms with Crippen LogP contribution in [0.1, 0.15) is 18.1 Å². The highest BCUT2D eigenvalue weighted by Crippen LogP contribution is 2.23. The Balaban J connectivity index is 3.14. The molecule has 0 spiro atoms. The van der Waals surface area contributed by atoms with E-state index in [1.807, 2.05) is 13.0 Å². The molecule has 0 atom stereocenters. The second-order valence-corrected chi connectivity index (χ2v) is 3.31. The Morgan fingerprint density at radius 3 is 2.55 bits per heavy atom. The first kappa shape index (κ1) is 8.54. The van der Waals surface area contributed by atoms with Gasteiger partial charge in [-0.25, -0.2) is 0 Å². The Labute approximate surface area is 76.1 Å². The van der Waals surface area contributed by atoms with Crippen molar-refractivity contribution in [2.45, 2.75) is 13.8 Å². The quantitative estimate of drug-likeness (QED) is 0.663. The number of rotatable bonds is 1. The molecule has 0 N–H and O–H groups in total. The molecule has 0 heterocycles. The van der Waals surface area contributed by atoms with Gasteiger partial charge in [-0.2, -0.15) is 0 Å². The predicted molar refractivity (Wildman–Crippen MR) is 53.8 cm³/mol. The maximum absolute atomic E-state index is 3.50. The van der Waals surface area contributed by atoms with Crippen LogP contribution in [0, 0.1) is 6.92 Å². The average molecular weight is 211 g/mol. The van der Waals surface area contributed by atoms with Crippen LogP contribution >= 0.6 is 15.9 Å². The topological polar surface area (TPSA) is 0 Å². The summed E-state index contributed by atoms with van der Waals surface area (Å²) in [6.07, 6.45) is 2.06. The lowest BCUT2D eigenvalue weighted by atomic mass is 10.1. The van der Waals surface area contributed by atoms with E-state index in [1.54, 1.807) is 0 Å². The third-order valence-electron chi connectivity index (χ3n) is 1.66. The Bertz CT molecular complexity index is 274. The highest BCUT2D eigenvalue weighted by Gasteiger charge is 1.97. The summed E-state index contributed by atoms with van der Waals surface area (Å²) in [7, 11) is 0. The van der Waals surface area contributed by atoms with Crippen molar-refractivity contribution in [3.63, 3.8) is 0 Å². The molecular weight excluding hydrogens is 200 g/mol. The number of allylic oxidation sites excluding steroid dienone is 1. The third kappa shape index (κ3) is 1.93. The van der Waals surface area contributed by atoms with E-state index in [-0.39, 0.29) is 0 Å². The summed E-state index contributed by atoms with van der Waals surface area (Å²) in [5, 5.41) is 0. The zero-order valence-electron chi connectivity index (χ0n) is 6.76. The molecule has 1 heteroatoms. The first-order chi connectivity index (χ1) is 5.25. The minimum absolute atomic E-state index is 1.16. The summed E-state index contributed by atoms with van der Waals surface area (Å²) in [4.78, 5) is 0. The number of halogens is 1. The average Bonchev–Trinajstić information content (AvgIpc) is 2.04. The predicted octanol–water partition coefficient (Wildman–Crippen LogP) is 3.75. The minimum Gasteiger partial charge on any atom is -0.0728 e. The van der Waals surface area contributed by atoms with Crippen molar-refractivity contribution < 1.29 is 0 Å². The van der Waals surface area contributed by atoms with E-state index in [4.69, 9.17) is 0 Å². The van der Waals surface area contributed by atoms with Crippen LogP contribution in [0.25, 0.3) is 4.48 Å². The van der Waals surface area contributed by atoms with Crippen molar-refractivity contribution in [3.8, 4) is 0 Å². The van der Waals surface area contributed by atoms with Crippen molar-refractivity contribution in [2.24, 2.45) is 0 Å². The van der Waals surface area contributed by atoms with Gasteiger partial charge >= 0.3 is 0 Å². The van der Waals surface area contributed by atoms with E-state index < -0.39 is 0 Å². The Morgan fingerprint density at radius 2 is 2.00 bits per heavy atom. The maximum Gasteiger partial charge on any atom is 0.0207 e. The van der Waals surface area contributed by atoms with Crippen molar-refractivity contribution >= 4 is 20.4 Å². The Morgan fingerprint density at radius 1 is 1.36 bits per heavy atom. The SMILES string of the molecule is CC=C(Br)c1ccccc1C. The summed E-state index contributed by atoms with van der Waals surface area (Å²) < 4.78 is 1.16. The molecule has 0 bridgehead atoms. The first-order valence-electron chi connectivity index (χ1n) is 3.63. The number of benzene rings is 1. The molecule has 0 aromatic heterocycles. The van der Waals surface area contributed by atoms with Crippen molar-refractivity contribution in [3.05, 3.63) is 41.5 Å². The largest absolute Gasteiger partial charge is 0.0728 e. The fraction of sp³-hybridized carbons (Fsp3) is 0.200. The van der Waals surface area contributed by atoms with Gasteiger partial charge in [0, 0.05) is 4.48 Å². The van der Waals surface area contributed by atoms with Crippen molar-refractivity contribution in [2.75, 3.05) is 0 Å². The van der Waals surface area contributed by atoms with Gasteiger partial charge in [-0.05, 0) is 25.0 Å². The van der Waals surface area contributed by atoms with Gasteiger partial charge < -0.3 is 0 Å². The van der Waals surface area contributed by atoms with Gasteiger partial charge in [0.25, 0.3) is 0 Å². The van der Waals surface area contributed by atoms with Crippen LogP contribution in [0.4, 0.5) is 0 Å². The van der Waals surface area contributed by atoms with Gasteiger partial charge in [0.2, 0.25) is 0 Å². The third-order valence-corrected chi connectivity index (χ3v) is 2.54. The van der Waals surface area contributed by atoms with E-state index in [0.29, 0.717) is 0 Å². The lowest BCUT2D eigenvalue weighted by Gasteiger charge is -2.02. The summed E-state index contributed by atoms with van der Waals surface area (Å²) >= 11 is 3.50. The van der Waals surface area contributed by atoms with Crippen LogP contribution in [0.2, 0.25) is 0 Å². The fourth-order valence-corrected chi connectivity index (χ4v) is 1.44. The smallest absolute Gasteiger partial charge is 0.0207 e. The molecule has 1 aromatic rings. The van der Waals surface area contributed by atoms with E-state index in [2.05, 4.69) is 47.1 Å². The molecule has 0 unspecified atom stereocenters. The van der Waals surface area contributed by atoms with Crippen molar-refractivity contribution in [1.82, 2.24) is 0 Å². The number of aryl methyl sites for hydroxylation is 1. The Hall–Kier alpha value is -0.560. The van der Waals surface area contributed by atoms with Gasteiger partial charge in [-0.1, -0.05) is 46.3 Å². The van der Waals surface area contributed by atoms with Gasteiger partial charge in [0.15, 0.2) is 0 Å². The first-order valence-corrected chi connectivity index (χ1v) is 4.43. The monoisotopic (exact) mass is 210 g/mol. The standard InChI is InChI=1S/C10H11Br/c1-3-10(11)9-7-5-4-6-8(9)2/h3-7H,1-2H3. The van der Waals surface area contributed by atoms with Gasteiger partial charge in [-0.15, -0.1) is 0 Å². The molecule has 0 saturated carbocycles. The zero-order valence-corrected chi connectivity index (χ0v) is 8.35. The van der Waals surface area contributed by atoms with E-state index in [9.17, 15) is 0 Å². The van der Waals surface area contributed by atoms with E-state index in [1.165, 1.54) is 11.1 Å². The second-order valence-electron chi connectivity index (χ2n) is 2.45. The van der Waals surface area contributed by atoms with Crippen LogP contribution in [-0.2, 0) is 0 Å². The van der Waals surface area contributed by atoms with Crippen LogP contribution in [0.3, 0.4) is 0 Å². The van der Waals surface area contributed by atoms with Gasteiger partial charge in [0.05, 0.1) is 0 Å². The highest BCUT2D eigenvalue weighted by atomic mass is 79.9. The van der Waals surface area contributed by atoms with Crippen LogP contribution in [0.15, 0.2) is 30.3 Å². The molecule has 0 aliphatic heterocycles. The summed E-state index contributed by atoms with van der Waals surface area (Å²) in [6, 6.07) is 8.32. The van der Waals surface area contributed by atoms with Gasteiger partial charge in [-0.3, -0.25) is 0 Å². The van der Waals surface area contributed by atoms with Crippen LogP contribution in [-0.4, -0.2) is 0 Å². The molecule has 11 heavy (non-hydrogen) atoms. The molecule has 0 aliphatic rings. The molecule has 0 aliphatic carbocycles. The summed E-state index contributed by atoms with van der Waals surface area (Å²) in [5.74, 6) is 0. The summed E-state index contributed by atoms with van der Waals surface area (Å²) in [6.45, 7) is 4.14. The molecule has 0 radical (unpaired) electrons. The molecule has 1 rings (SSSR count). The molecule has 1 aromatic carbocycles.